The second-order valence-electron chi connectivity index (χ2n) is 11.3. The molecule has 0 bridgehead atoms. The van der Waals surface area contributed by atoms with Crippen LogP contribution in [0.15, 0.2) is 62.9 Å². The molecule has 0 fully saturated rings. The summed E-state index contributed by atoms with van der Waals surface area (Å²) in [4.78, 5) is 18.8. The Morgan fingerprint density at radius 1 is 1.05 bits per heavy atom. The molecule has 0 aliphatic rings. The lowest BCUT2D eigenvalue weighted by Crippen LogP contribution is -2.21. The van der Waals surface area contributed by atoms with E-state index in [1.807, 2.05) is 49.4 Å². The fourth-order valence-electron chi connectivity index (χ4n) is 4.37. The maximum Gasteiger partial charge on any atom is 0.282 e. The number of benzene rings is 3. The molecular weight excluding hydrogens is 570 g/mol. The molecule has 0 unspecified atom stereocenters. The summed E-state index contributed by atoms with van der Waals surface area (Å²) in [5.74, 6) is 2.57. The molecule has 0 aliphatic heterocycles. The molecule has 0 atom stereocenters. The van der Waals surface area contributed by atoms with Crippen LogP contribution in [0.1, 0.15) is 57.2 Å². The Kier molecular flexibility index (Phi) is 8.68. The van der Waals surface area contributed by atoms with Crippen molar-refractivity contribution >= 4 is 33.0 Å². The van der Waals surface area contributed by atoms with Gasteiger partial charge in [0.25, 0.3) is 5.56 Å². The number of aromatic nitrogens is 2. The van der Waals surface area contributed by atoms with E-state index in [2.05, 4.69) is 50.5 Å². The summed E-state index contributed by atoms with van der Waals surface area (Å²) in [7, 11) is 3.27. The molecule has 0 spiro atoms. The summed E-state index contributed by atoms with van der Waals surface area (Å²) in [5, 5.41) is 5.19. The summed E-state index contributed by atoms with van der Waals surface area (Å²) in [6, 6.07) is 15.1. The van der Waals surface area contributed by atoms with Gasteiger partial charge in [-0.2, -0.15) is 9.78 Å². The van der Waals surface area contributed by atoms with E-state index in [0.29, 0.717) is 40.4 Å². The fourth-order valence-corrected chi connectivity index (χ4v) is 4.83. The smallest absolute Gasteiger partial charge is 0.282 e. The predicted molar refractivity (Wildman–Crippen MR) is 165 cm³/mol. The number of fused-ring (bicyclic) bond motifs is 1. The van der Waals surface area contributed by atoms with E-state index in [0.717, 1.165) is 26.9 Å². The van der Waals surface area contributed by atoms with Gasteiger partial charge in [0.05, 0.1) is 37.9 Å². The Labute approximate surface area is 243 Å². The fraction of sp³-hybridized carbons (Fsp3) is 0.344. The molecule has 40 heavy (non-hydrogen) atoms. The van der Waals surface area contributed by atoms with Crippen molar-refractivity contribution in [2.45, 2.75) is 47.5 Å². The van der Waals surface area contributed by atoms with Crippen LogP contribution >= 0.6 is 15.9 Å². The Morgan fingerprint density at radius 3 is 2.40 bits per heavy atom. The van der Waals surface area contributed by atoms with Crippen LogP contribution in [0.25, 0.3) is 22.3 Å². The first-order valence-electron chi connectivity index (χ1n) is 13.2. The van der Waals surface area contributed by atoms with Crippen molar-refractivity contribution in [3.8, 4) is 28.6 Å². The number of rotatable bonds is 8. The highest BCUT2D eigenvalue weighted by atomic mass is 79.9. The van der Waals surface area contributed by atoms with Crippen LogP contribution in [0.5, 0.6) is 17.2 Å². The first-order chi connectivity index (χ1) is 18.9. The van der Waals surface area contributed by atoms with Crippen LogP contribution in [0.2, 0.25) is 0 Å². The second kappa shape index (κ2) is 11.8. The Hall–Kier alpha value is -3.65. The van der Waals surface area contributed by atoms with Crippen LogP contribution < -0.4 is 19.8 Å². The van der Waals surface area contributed by atoms with Gasteiger partial charge < -0.3 is 14.2 Å². The number of ether oxygens (including phenoxy) is 3. The van der Waals surface area contributed by atoms with E-state index in [1.165, 1.54) is 4.68 Å². The molecule has 0 aliphatic carbocycles. The maximum atomic E-state index is 13.8. The summed E-state index contributed by atoms with van der Waals surface area (Å²) in [6.07, 6.45) is 1.62. The average molecular weight is 607 g/mol. The summed E-state index contributed by atoms with van der Waals surface area (Å²) in [5.41, 5.74) is 3.68. The highest BCUT2D eigenvalue weighted by molar-refractivity contribution is 9.10. The maximum absolute atomic E-state index is 13.8. The molecule has 8 heteroatoms. The predicted octanol–water partition coefficient (Wildman–Crippen LogP) is 7.58. The van der Waals surface area contributed by atoms with Gasteiger partial charge >= 0.3 is 0 Å². The van der Waals surface area contributed by atoms with Gasteiger partial charge in [0.15, 0.2) is 17.3 Å². The summed E-state index contributed by atoms with van der Waals surface area (Å²) >= 11 is 3.56. The monoisotopic (exact) mass is 605 g/mol. The largest absolute Gasteiger partial charge is 0.496 e. The van der Waals surface area contributed by atoms with Gasteiger partial charge in [-0.15, -0.1) is 0 Å². The minimum atomic E-state index is -0.266. The van der Waals surface area contributed by atoms with Crippen molar-refractivity contribution in [3.05, 3.63) is 80.0 Å². The molecule has 0 saturated heterocycles. The Balaban J connectivity index is 1.96. The lowest BCUT2D eigenvalue weighted by atomic mass is 9.96. The minimum absolute atomic E-state index is 0.0705. The zero-order valence-electron chi connectivity index (χ0n) is 24.3. The van der Waals surface area contributed by atoms with Crippen molar-refractivity contribution in [1.82, 2.24) is 9.66 Å². The lowest BCUT2D eigenvalue weighted by Gasteiger charge is -2.21. The number of para-hydroxylation sites is 1. The van der Waals surface area contributed by atoms with E-state index in [-0.39, 0.29) is 16.9 Å². The van der Waals surface area contributed by atoms with Gasteiger partial charge in [-0.05, 0) is 65.8 Å². The molecule has 0 N–H and O–H groups in total. The molecular formula is C32H36BrN3O4. The second-order valence-corrected chi connectivity index (χ2v) is 12.2. The van der Waals surface area contributed by atoms with Crippen molar-refractivity contribution in [2.75, 3.05) is 20.8 Å². The zero-order valence-corrected chi connectivity index (χ0v) is 25.9. The molecule has 1 heterocycles. The number of methoxy groups -OCH3 is 2. The van der Waals surface area contributed by atoms with E-state index >= 15 is 0 Å². The van der Waals surface area contributed by atoms with Crippen molar-refractivity contribution in [3.63, 3.8) is 0 Å². The van der Waals surface area contributed by atoms with Gasteiger partial charge in [-0.1, -0.05) is 62.7 Å². The Bertz CT molecular complexity index is 1630. The molecule has 4 rings (SSSR count). The molecule has 4 aromatic rings. The quantitative estimate of drug-likeness (QED) is 0.193. The number of hydrogen-bond donors (Lipinski definition) is 0. The van der Waals surface area contributed by atoms with E-state index in [4.69, 9.17) is 24.3 Å². The topological polar surface area (TPSA) is 74.9 Å². The van der Waals surface area contributed by atoms with Gasteiger partial charge in [0.1, 0.15) is 5.75 Å². The molecule has 0 amide bonds. The third-order valence-corrected chi connectivity index (χ3v) is 6.88. The molecule has 210 valence electrons. The van der Waals surface area contributed by atoms with E-state index in [1.54, 1.807) is 26.5 Å². The van der Waals surface area contributed by atoms with E-state index < -0.39 is 0 Å². The SMILES string of the molecule is COc1cc(C)c(-c2nc3ccccc3c(=O)n2N=Cc2cc(Br)cc(OC)c2OCC(C)(C)C)cc1C(C)C. The van der Waals surface area contributed by atoms with Gasteiger partial charge in [-0.3, -0.25) is 4.79 Å². The lowest BCUT2D eigenvalue weighted by molar-refractivity contribution is 0.191. The molecule has 0 saturated carbocycles. The van der Waals surface area contributed by atoms with Crippen molar-refractivity contribution in [1.29, 1.82) is 0 Å². The van der Waals surface area contributed by atoms with Crippen molar-refractivity contribution in [2.24, 2.45) is 10.5 Å². The van der Waals surface area contributed by atoms with Crippen LogP contribution in [0.4, 0.5) is 0 Å². The average Bonchev–Trinajstić information content (AvgIpc) is 2.90. The third-order valence-electron chi connectivity index (χ3n) is 6.42. The van der Waals surface area contributed by atoms with Crippen LogP contribution in [0, 0.1) is 12.3 Å². The zero-order chi connectivity index (χ0) is 29.2. The Morgan fingerprint density at radius 2 is 1.75 bits per heavy atom. The summed E-state index contributed by atoms with van der Waals surface area (Å²) in [6.45, 7) is 13.0. The standard InChI is InChI=1S/C32H36BrN3O4/c1-19(2)24-16-25(20(3)13-27(24)38-7)30-35-26-12-10-9-11-23(26)31(37)36(30)34-17-21-14-22(33)15-28(39-8)29(21)40-18-32(4,5)6/h9-17,19H,18H2,1-8H3. The normalized spacial score (nSPS) is 11.9. The first-order valence-corrected chi connectivity index (χ1v) is 14.0. The molecule has 1 aromatic heterocycles. The number of hydrogen-bond acceptors (Lipinski definition) is 6. The van der Waals surface area contributed by atoms with Crippen LogP contribution in [-0.2, 0) is 0 Å². The van der Waals surface area contributed by atoms with Gasteiger partial charge in [0.2, 0.25) is 0 Å². The summed E-state index contributed by atoms with van der Waals surface area (Å²) < 4.78 is 19.6. The van der Waals surface area contributed by atoms with Crippen molar-refractivity contribution < 1.29 is 14.2 Å². The first kappa shape index (κ1) is 29.3. The minimum Gasteiger partial charge on any atom is -0.496 e. The van der Waals surface area contributed by atoms with Crippen LogP contribution in [0.3, 0.4) is 0 Å². The molecule has 7 nitrogen and oxygen atoms in total. The number of nitrogens with zero attached hydrogens (tertiary/aromatic N) is 3. The highest BCUT2D eigenvalue weighted by Crippen LogP contribution is 2.36. The molecule has 0 radical (unpaired) electrons. The molecule has 3 aromatic carbocycles. The van der Waals surface area contributed by atoms with Gasteiger partial charge in [0, 0.05) is 15.6 Å². The van der Waals surface area contributed by atoms with Gasteiger partial charge in [-0.25, -0.2) is 4.98 Å². The number of halogens is 1. The number of aryl methyl sites for hydroxylation is 1. The van der Waals surface area contributed by atoms with E-state index in [9.17, 15) is 4.79 Å². The third kappa shape index (κ3) is 6.22. The van der Waals surface area contributed by atoms with Crippen LogP contribution in [-0.4, -0.2) is 36.7 Å². The highest BCUT2D eigenvalue weighted by Gasteiger charge is 2.20.